The number of carbonyl (C=O) groups is 1. The molecular weight excluding hydrogens is 432 g/mol. The minimum Gasteiger partial charge on any atom is -0.438 e. The van der Waals surface area contributed by atoms with Gasteiger partial charge in [0.25, 0.3) is 0 Å². The maximum atomic E-state index is 14.3. The number of ether oxygens (including phenoxy) is 1. The monoisotopic (exact) mass is 453 g/mol. The first-order valence-electron chi connectivity index (χ1n) is 9.18. The normalized spacial score (nSPS) is 20.8. The first-order chi connectivity index (χ1) is 13.4. The van der Waals surface area contributed by atoms with Crippen LogP contribution in [0.2, 0.25) is 0 Å². The predicted octanol–water partition coefficient (Wildman–Crippen LogP) is 5.30. The van der Waals surface area contributed by atoms with Crippen molar-refractivity contribution in [2.75, 3.05) is 13.2 Å². The number of halogens is 3. The molecule has 0 saturated carbocycles. The van der Waals surface area contributed by atoms with Gasteiger partial charge in [0, 0.05) is 29.6 Å². The number of hydrogen-bond donors (Lipinski definition) is 1. The molecule has 1 amide bonds. The van der Waals surface area contributed by atoms with Gasteiger partial charge in [0.2, 0.25) is 0 Å². The third-order valence-corrected chi connectivity index (χ3v) is 5.76. The lowest BCUT2D eigenvalue weighted by molar-refractivity contribution is -0.0682. The Hall–Kier alpha value is -1.99. The zero-order valence-corrected chi connectivity index (χ0v) is 17.1. The molecule has 7 heteroatoms. The number of hydrogen-bond acceptors (Lipinski definition) is 3. The van der Waals surface area contributed by atoms with Crippen LogP contribution in [0.25, 0.3) is 0 Å². The molecule has 1 fully saturated rings. The van der Waals surface area contributed by atoms with E-state index < -0.39 is 23.6 Å². The van der Waals surface area contributed by atoms with E-state index >= 15 is 0 Å². The smallest absolute Gasteiger partial charge is 0.411 e. The summed E-state index contributed by atoms with van der Waals surface area (Å²) in [5, 5.41) is 9.25. The van der Waals surface area contributed by atoms with E-state index in [0.29, 0.717) is 41.4 Å². The number of amides is 1. The van der Waals surface area contributed by atoms with Gasteiger partial charge in [-0.25, -0.2) is 13.6 Å². The highest BCUT2D eigenvalue weighted by Gasteiger charge is 2.43. The molecule has 150 valence electrons. The zero-order chi connectivity index (χ0) is 20.3. The van der Waals surface area contributed by atoms with Crippen molar-refractivity contribution in [1.29, 1.82) is 0 Å². The Labute approximate surface area is 171 Å². The number of nitrogens with zero attached hydrogens (tertiary/aromatic N) is 1. The maximum absolute atomic E-state index is 14.3. The molecule has 0 aliphatic carbocycles. The summed E-state index contributed by atoms with van der Waals surface area (Å²) in [5.74, 6) is -0.769. The van der Waals surface area contributed by atoms with Crippen LogP contribution in [0.1, 0.15) is 43.4 Å². The average molecular weight is 454 g/mol. The van der Waals surface area contributed by atoms with Gasteiger partial charge in [-0.05, 0) is 49.6 Å². The van der Waals surface area contributed by atoms with Crippen LogP contribution in [0.3, 0.4) is 0 Å². The Kier molecular flexibility index (Phi) is 6.35. The quantitative estimate of drug-likeness (QED) is 0.645. The van der Waals surface area contributed by atoms with Crippen molar-refractivity contribution in [2.45, 2.75) is 37.8 Å². The highest BCUT2D eigenvalue weighted by molar-refractivity contribution is 9.10. The van der Waals surface area contributed by atoms with Crippen LogP contribution in [0.15, 0.2) is 46.9 Å². The standard InChI is InChI=1S/C21H22BrF2NO3/c1-14(18-8-5-16(22)13-19(18)24)25-11-10-21(9-2-12-26,28-20(25)27)15-3-6-17(23)7-4-15/h3-8,13-14,26H,2,9-12H2,1H3/t14-,21?/m0/s1. The van der Waals surface area contributed by atoms with Crippen molar-refractivity contribution in [2.24, 2.45) is 0 Å². The summed E-state index contributed by atoms with van der Waals surface area (Å²) in [4.78, 5) is 14.3. The van der Waals surface area contributed by atoms with E-state index in [0.717, 1.165) is 0 Å². The molecule has 1 unspecified atom stereocenters. The molecule has 2 aromatic rings. The third-order valence-electron chi connectivity index (χ3n) is 5.26. The number of rotatable bonds is 6. The van der Waals surface area contributed by atoms with Gasteiger partial charge in [0.05, 0.1) is 6.04 Å². The van der Waals surface area contributed by atoms with Crippen LogP contribution in [0.5, 0.6) is 0 Å². The van der Waals surface area contributed by atoms with E-state index in [1.807, 2.05) is 0 Å². The topological polar surface area (TPSA) is 49.8 Å². The molecular formula is C21H22BrF2NO3. The predicted molar refractivity (Wildman–Crippen MR) is 105 cm³/mol. The molecule has 28 heavy (non-hydrogen) atoms. The maximum Gasteiger partial charge on any atom is 0.411 e. The molecule has 1 heterocycles. The lowest BCUT2D eigenvalue weighted by Crippen LogP contribution is -2.49. The summed E-state index contributed by atoms with van der Waals surface area (Å²) >= 11 is 3.23. The van der Waals surface area contributed by atoms with Crippen LogP contribution >= 0.6 is 15.9 Å². The molecule has 1 aliphatic heterocycles. The molecule has 1 aliphatic rings. The van der Waals surface area contributed by atoms with E-state index in [4.69, 9.17) is 4.74 Å². The molecule has 4 nitrogen and oxygen atoms in total. The van der Waals surface area contributed by atoms with Crippen molar-refractivity contribution in [1.82, 2.24) is 4.90 Å². The average Bonchev–Trinajstić information content (AvgIpc) is 2.66. The van der Waals surface area contributed by atoms with Crippen LogP contribution < -0.4 is 0 Å². The second-order valence-electron chi connectivity index (χ2n) is 6.98. The zero-order valence-electron chi connectivity index (χ0n) is 15.5. The molecule has 1 saturated heterocycles. The minimum atomic E-state index is -0.929. The summed E-state index contributed by atoms with van der Waals surface area (Å²) < 4.78 is 34.1. The fourth-order valence-corrected chi connectivity index (χ4v) is 4.00. The van der Waals surface area contributed by atoms with Crippen LogP contribution in [-0.2, 0) is 10.3 Å². The fraction of sp³-hybridized carbons (Fsp3) is 0.381. The molecule has 3 rings (SSSR count). The van der Waals surface area contributed by atoms with Crippen molar-refractivity contribution in [3.8, 4) is 0 Å². The summed E-state index contributed by atoms with van der Waals surface area (Å²) in [6.07, 6.45) is 0.785. The van der Waals surface area contributed by atoms with E-state index in [2.05, 4.69) is 15.9 Å². The number of benzene rings is 2. The molecule has 2 aromatic carbocycles. The number of carbonyl (C=O) groups excluding carboxylic acids is 1. The van der Waals surface area contributed by atoms with Gasteiger partial charge in [0.15, 0.2) is 0 Å². The van der Waals surface area contributed by atoms with Crippen LogP contribution in [0.4, 0.5) is 13.6 Å². The summed E-state index contributed by atoms with van der Waals surface area (Å²) in [6, 6.07) is 10.1. The Morgan fingerprint density at radius 1 is 1.25 bits per heavy atom. The highest BCUT2D eigenvalue weighted by Crippen LogP contribution is 2.40. The Bertz CT molecular complexity index is 846. The van der Waals surface area contributed by atoms with Gasteiger partial charge in [-0.15, -0.1) is 0 Å². The summed E-state index contributed by atoms with van der Waals surface area (Å²) in [6.45, 7) is 2.08. The number of aliphatic hydroxyl groups excluding tert-OH is 1. The summed E-state index contributed by atoms with van der Waals surface area (Å²) in [7, 11) is 0. The Morgan fingerprint density at radius 2 is 1.96 bits per heavy atom. The minimum absolute atomic E-state index is 0.0370. The van der Waals surface area contributed by atoms with Gasteiger partial charge in [-0.3, -0.25) is 0 Å². The van der Waals surface area contributed by atoms with Crippen LogP contribution in [0, 0.1) is 11.6 Å². The molecule has 0 spiro atoms. The first-order valence-corrected chi connectivity index (χ1v) is 9.97. The number of cyclic esters (lactones) is 1. The van der Waals surface area contributed by atoms with E-state index in [-0.39, 0.29) is 12.4 Å². The largest absolute Gasteiger partial charge is 0.438 e. The van der Waals surface area contributed by atoms with Crippen molar-refractivity contribution < 1.29 is 23.4 Å². The Balaban J connectivity index is 1.84. The lowest BCUT2D eigenvalue weighted by Gasteiger charge is -2.43. The summed E-state index contributed by atoms with van der Waals surface area (Å²) in [5.41, 5.74) is 0.171. The van der Waals surface area contributed by atoms with E-state index in [1.165, 1.54) is 23.1 Å². The van der Waals surface area contributed by atoms with Gasteiger partial charge in [0.1, 0.15) is 17.2 Å². The van der Waals surface area contributed by atoms with E-state index in [1.54, 1.807) is 31.2 Å². The second kappa shape index (κ2) is 8.57. The molecule has 0 bridgehead atoms. The second-order valence-corrected chi connectivity index (χ2v) is 7.90. The van der Waals surface area contributed by atoms with Crippen molar-refractivity contribution in [3.05, 3.63) is 69.7 Å². The highest BCUT2D eigenvalue weighted by atomic mass is 79.9. The van der Waals surface area contributed by atoms with Gasteiger partial charge >= 0.3 is 6.09 Å². The molecule has 1 N–H and O–H groups in total. The van der Waals surface area contributed by atoms with E-state index in [9.17, 15) is 18.7 Å². The SMILES string of the molecule is C[C@@H](c1ccc(Br)cc1F)N1CCC(CCCO)(c2ccc(F)cc2)OC1=O. The van der Waals surface area contributed by atoms with Gasteiger partial charge in [-0.2, -0.15) is 0 Å². The van der Waals surface area contributed by atoms with Gasteiger partial charge in [-0.1, -0.05) is 34.1 Å². The van der Waals surface area contributed by atoms with Crippen molar-refractivity contribution >= 4 is 22.0 Å². The fourth-order valence-electron chi connectivity index (χ4n) is 3.67. The Morgan fingerprint density at radius 3 is 2.57 bits per heavy atom. The third kappa shape index (κ3) is 4.20. The molecule has 2 atom stereocenters. The number of aliphatic hydroxyl groups is 1. The molecule has 0 aromatic heterocycles. The molecule has 0 radical (unpaired) electrons. The lowest BCUT2D eigenvalue weighted by atomic mass is 9.84. The first kappa shape index (κ1) is 20.7. The van der Waals surface area contributed by atoms with Gasteiger partial charge < -0.3 is 14.7 Å². The van der Waals surface area contributed by atoms with Crippen LogP contribution in [-0.4, -0.2) is 29.3 Å². The van der Waals surface area contributed by atoms with Crippen molar-refractivity contribution in [3.63, 3.8) is 0 Å².